The van der Waals surface area contributed by atoms with Crippen LogP contribution in [0.4, 0.5) is 16.2 Å². The zero-order chi connectivity index (χ0) is 21.6. The quantitative estimate of drug-likeness (QED) is 0.526. The lowest BCUT2D eigenvalue weighted by Crippen LogP contribution is -2.17. The van der Waals surface area contributed by atoms with Crippen molar-refractivity contribution in [2.75, 3.05) is 10.0 Å². The normalized spacial score (nSPS) is 10.8. The number of aromatic carboxylic acids is 1. The van der Waals surface area contributed by atoms with Crippen molar-refractivity contribution in [3.63, 3.8) is 0 Å². The van der Waals surface area contributed by atoms with E-state index in [2.05, 4.69) is 10.0 Å². The van der Waals surface area contributed by atoms with Crippen molar-refractivity contribution < 1.29 is 27.9 Å². The average molecular weight is 426 g/mol. The van der Waals surface area contributed by atoms with Crippen molar-refractivity contribution in [3.8, 4) is 0 Å². The van der Waals surface area contributed by atoms with Gasteiger partial charge in [0.05, 0.1) is 16.1 Å². The molecule has 3 rings (SSSR count). The van der Waals surface area contributed by atoms with Crippen molar-refractivity contribution >= 4 is 33.5 Å². The minimum absolute atomic E-state index is 0.0642. The van der Waals surface area contributed by atoms with Gasteiger partial charge in [-0.15, -0.1) is 0 Å². The van der Waals surface area contributed by atoms with Gasteiger partial charge >= 0.3 is 12.1 Å². The standard InChI is InChI=1S/C21H18N2O6S/c24-20(25)18-11-4-5-12-19(18)23-30(27,28)17-10-6-9-16(13-17)22-21(26)29-14-15-7-2-1-3-8-15/h1-13,23H,14H2,(H,22,26)(H,24,25). The zero-order valence-electron chi connectivity index (χ0n) is 15.6. The van der Waals surface area contributed by atoms with E-state index in [1.165, 1.54) is 48.5 Å². The third kappa shape index (κ3) is 5.36. The third-order valence-corrected chi connectivity index (χ3v) is 5.37. The number of para-hydroxylation sites is 1. The number of carboxylic acid groups (broad SMARTS) is 1. The molecule has 0 radical (unpaired) electrons. The molecular formula is C21H18N2O6S. The van der Waals surface area contributed by atoms with Gasteiger partial charge in [0.25, 0.3) is 10.0 Å². The van der Waals surface area contributed by atoms with Gasteiger partial charge < -0.3 is 9.84 Å². The fourth-order valence-electron chi connectivity index (χ4n) is 2.58. The van der Waals surface area contributed by atoms with Gasteiger partial charge in [0.1, 0.15) is 6.61 Å². The third-order valence-electron chi connectivity index (χ3n) is 4.01. The average Bonchev–Trinajstić information content (AvgIpc) is 2.73. The molecule has 0 aliphatic heterocycles. The highest BCUT2D eigenvalue weighted by Gasteiger charge is 2.19. The Morgan fingerprint density at radius 1 is 0.900 bits per heavy atom. The highest BCUT2D eigenvalue weighted by molar-refractivity contribution is 7.92. The molecule has 0 fully saturated rings. The molecule has 3 aromatic rings. The molecule has 0 aliphatic rings. The van der Waals surface area contributed by atoms with E-state index in [1.54, 1.807) is 12.1 Å². The van der Waals surface area contributed by atoms with Crippen molar-refractivity contribution in [1.82, 2.24) is 0 Å². The fourth-order valence-corrected chi connectivity index (χ4v) is 3.71. The second-order valence-electron chi connectivity index (χ2n) is 6.17. The van der Waals surface area contributed by atoms with Gasteiger partial charge in [-0.25, -0.2) is 18.0 Å². The maximum Gasteiger partial charge on any atom is 0.411 e. The topological polar surface area (TPSA) is 122 Å². The number of sulfonamides is 1. The summed E-state index contributed by atoms with van der Waals surface area (Å²) in [6.07, 6.45) is -0.738. The van der Waals surface area contributed by atoms with E-state index in [0.717, 1.165) is 5.56 Å². The highest BCUT2D eigenvalue weighted by atomic mass is 32.2. The Hall–Kier alpha value is -3.85. The number of nitrogens with one attached hydrogen (secondary N) is 2. The SMILES string of the molecule is O=C(Nc1cccc(S(=O)(=O)Nc2ccccc2C(=O)O)c1)OCc1ccccc1. The lowest BCUT2D eigenvalue weighted by molar-refractivity contribution is 0.0698. The Balaban J connectivity index is 1.71. The first-order chi connectivity index (χ1) is 14.3. The minimum Gasteiger partial charge on any atom is -0.478 e. The van der Waals surface area contributed by atoms with Crippen LogP contribution in [0.15, 0.2) is 83.8 Å². The largest absolute Gasteiger partial charge is 0.478 e. The molecule has 1 amide bonds. The summed E-state index contributed by atoms with van der Waals surface area (Å²) in [6.45, 7) is 0.0676. The lowest BCUT2D eigenvalue weighted by Gasteiger charge is -2.12. The molecule has 30 heavy (non-hydrogen) atoms. The molecule has 0 saturated heterocycles. The minimum atomic E-state index is -4.09. The van der Waals surface area contributed by atoms with Crippen LogP contribution in [0.2, 0.25) is 0 Å². The summed E-state index contributed by atoms with van der Waals surface area (Å²) >= 11 is 0. The van der Waals surface area contributed by atoms with Crippen LogP contribution in [-0.4, -0.2) is 25.6 Å². The van der Waals surface area contributed by atoms with Crippen LogP contribution in [-0.2, 0) is 21.4 Å². The molecule has 0 spiro atoms. The predicted octanol–water partition coefficient (Wildman–Crippen LogP) is 3.93. The molecular weight excluding hydrogens is 408 g/mol. The summed E-state index contributed by atoms with van der Waals surface area (Å²) < 4.78 is 32.7. The van der Waals surface area contributed by atoms with E-state index in [4.69, 9.17) is 4.74 Å². The molecule has 0 unspecified atom stereocenters. The van der Waals surface area contributed by atoms with Crippen molar-refractivity contribution in [1.29, 1.82) is 0 Å². The summed E-state index contributed by atoms with van der Waals surface area (Å²) in [5.74, 6) is -1.26. The monoisotopic (exact) mass is 426 g/mol. The number of ether oxygens (including phenoxy) is 1. The van der Waals surface area contributed by atoms with Crippen LogP contribution in [0.3, 0.4) is 0 Å². The highest BCUT2D eigenvalue weighted by Crippen LogP contribution is 2.22. The van der Waals surface area contributed by atoms with Crippen LogP contribution in [0, 0.1) is 0 Å². The first-order valence-corrected chi connectivity index (χ1v) is 10.3. The van der Waals surface area contributed by atoms with E-state index in [1.807, 2.05) is 18.2 Å². The Morgan fingerprint density at radius 2 is 1.60 bits per heavy atom. The number of anilines is 2. The summed E-state index contributed by atoms with van der Waals surface area (Å²) in [7, 11) is -4.09. The van der Waals surface area contributed by atoms with Crippen molar-refractivity contribution in [2.24, 2.45) is 0 Å². The number of carbonyl (C=O) groups is 2. The molecule has 3 N–H and O–H groups in total. The Bertz CT molecular complexity index is 1160. The molecule has 0 aromatic heterocycles. The van der Waals surface area contributed by atoms with Gasteiger partial charge in [0.15, 0.2) is 0 Å². The van der Waals surface area contributed by atoms with Crippen LogP contribution in [0.1, 0.15) is 15.9 Å². The van der Waals surface area contributed by atoms with E-state index in [-0.39, 0.29) is 28.4 Å². The maximum atomic E-state index is 12.7. The second kappa shape index (κ2) is 9.10. The number of amides is 1. The fraction of sp³-hybridized carbons (Fsp3) is 0.0476. The molecule has 0 saturated carbocycles. The smallest absolute Gasteiger partial charge is 0.411 e. The lowest BCUT2D eigenvalue weighted by atomic mass is 10.2. The van der Waals surface area contributed by atoms with Gasteiger partial charge in [-0.3, -0.25) is 10.0 Å². The van der Waals surface area contributed by atoms with Crippen LogP contribution in [0.5, 0.6) is 0 Å². The molecule has 9 heteroatoms. The number of hydrogen-bond donors (Lipinski definition) is 3. The van der Waals surface area contributed by atoms with Gasteiger partial charge in [-0.05, 0) is 35.9 Å². The number of benzene rings is 3. The van der Waals surface area contributed by atoms with Gasteiger partial charge in [-0.2, -0.15) is 0 Å². The van der Waals surface area contributed by atoms with Crippen LogP contribution in [0.25, 0.3) is 0 Å². The number of rotatable bonds is 7. The maximum absolute atomic E-state index is 12.7. The molecule has 0 heterocycles. The molecule has 8 nitrogen and oxygen atoms in total. The Morgan fingerprint density at radius 3 is 2.33 bits per heavy atom. The number of carboxylic acids is 1. The van der Waals surface area contributed by atoms with Crippen molar-refractivity contribution in [3.05, 3.63) is 90.0 Å². The van der Waals surface area contributed by atoms with Gasteiger partial charge in [0, 0.05) is 5.69 Å². The molecule has 154 valence electrons. The van der Waals surface area contributed by atoms with Gasteiger partial charge in [-0.1, -0.05) is 48.5 Å². The number of hydrogen-bond acceptors (Lipinski definition) is 5. The summed E-state index contributed by atoms with van der Waals surface area (Å²) in [4.78, 5) is 23.1. The summed E-state index contributed by atoms with van der Waals surface area (Å²) in [6, 6.07) is 20.3. The summed E-state index contributed by atoms with van der Waals surface area (Å²) in [5.41, 5.74) is 0.776. The summed E-state index contributed by atoms with van der Waals surface area (Å²) in [5, 5.41) is 11.7. The van der Waals surface area contributed by atoms with E-state index >= 15 is 0 Å². The van der Waals surface area contributed by atoms with E-state index in [0.29, 0.717) is 0 Å². The van der Waals surface area contributed by atoms with Crippen molar-refractivity contribution in [2.45, 2.75) is 11.5 Å². The predicted molar refractivity (Wildman–Crippen MR) is 111 cm³/mol. The second-order valence-corrected chi connectivity index (χ2v) is 7.85. The van der Waals surface area contributed by atoms with Crippen LogP contribution < -0.4 is 10.0 Å². The Labute approximate surface area is 173 Å². The first kappa shape index (κ1) is 20.9. The van der Waals surface area contributed by atoms with E-state index in [9.17, 15) is 23.1 Å². The Kier molecular flexibility index (Phi) is 6.33. The molecule has 0 bridgehead atoms. The van der Waals surface area contributed by atoms with Gasteiger partial charge in [0.2, 0.25) is 0 Å². The number of carbonyl (C=O) groups excluding carboxylic acids is 1. The van der Waals surface area contributed by atoms with E-state index < -0.39 is 22.1 Å². The van der Waals surface area contributed by atoms with Crippen LogP contribution >= 0.6 is 0 Å². The molecule has 0 atom stereocenters. The molecule has 0 aliphatic carbocycles. The first-order valence-electron chi connectivity index (χ1n) is 8.78. The molecule has 3 aromatic carbocycles. The zero-order valence-corrected chi connectivity index (χ0v) is 16.4.